The first-order valence-electron chi connectivity index (χ1n) is 8.15. The van der Waals surface area contributed by atoms with Crippen molar-refractivity contribution in [1.29, 1.82) is 0 Å². The molecule has 19 heavy (non-hydrogen) atoms. The molecular formula is C16H34O3. The standard InChI is InChI=1S/C6H14O.2C5H10O/c1-3-5-7-6-4-2;2*1-2-4-6-5-3-1/h3-6H2,1-2H3;2*1-5H2. The minimum atomic E-state index is 0.924. The van der Waals surface area contributed by atoms with E-state index in [-0.39, 0.29) is 0 Å². The van der Waals surface area contributed by atoms with Crippen LogP contribution in [0.15, 0.2) is 0 Å². The predicted octanol–water partition coefficient (Wildman–Crippen LogP) is 4.20. The van der Waals surface area contributed by atoms with Crippen molar-refractivity contribution in [2.24, 2.45) is 0 Å². The van der Waals surface area contributed by atoms with Crippen LogP contribution in [0.5, 0.6) is 0 Å². The lowest BCUT2D eigenvalue weighted by Crippen LogP contribution is -2.03. The van der Waals surface area contributed by atoms with Crippen LogP contribution in [-0.4, -0.2) is 39.6 Å². The van der Waals surface area contributed by atoms with E-state index in [0.29, 0.717) is 0 Å². The maximum absolute atomic E-state index is 5.13. The van der Waals surface area contributed by atoms with Crippen molar-refractivity contribution >= 4 is 0 Å². The van der Waals surface area contributed by atoms with E-state index in [1.807, 2.05) is 0 Å². The topological polar surface area (TPSA) is 27.7 Å². The van der Waals surface area contributed by atoms with Gasteiger partial charge in [-0.2, -0.15) is 0 Å². The second kappa shape index (κ2) is 17.9. The molecule has 0 atom stereocenters. The number of hydrogen-bond acceptors (Lipinski definition) is 3. The molecule has 0 aliphatic carbocycles. The lowest BCUT2D eigenvalue weighted by Gasteiger charge is -2.08. The normalized spacial score (nSPS) is 18.6. The Bertz CT molecular complexity index is 104. The summed E-state index contributed by atoms with van der Waals surface area (Å²) in [6.07, 6.45) is 10.1. The molecule has 2 fully saturated rings. The Balaban J connectivity index is 0.000000256. The monoisotopic (exact) mass is 274 g/mol. The quantitative estimate of drug-likeness (QED) is 0.719. The van der Waals surface area contributed by atoms with Crippen molar-refractivity contribution in [3.05, 3.63) is 0 Å². The van der Waals surface area contributed by atoms with E-state index in [1.165, 1.54) is 38.5 Å². The Morgan fingerprint density at radius 2 is 1.00 bits per heavy atom. The molecule has 2 heterocycles. The average molecular weight is 274 g/mol. The molecule has 0 bridgehead atoms. The fourth-order valence-electron chi connectivity index (χ4n) is 1.76. The molecule has 0 amide bonds. The van der Waals surface area contributed by atoms with Crippen LogP contribution in [0.25, 0.3) is 0 Å². The van der Waals surface area contributed by atoms with E-state index in [4.69, 9.17) is 14.2 Å². The van der Waals surface area contributed by atoms with Gasteiger partial charge in [-0.05, 0) is 51.4 Å². The highest BCUT2D eigenvalue weighted by atomic mass is 16.5. The van der Waals surface area contributed by atoms with Gasteiger partial charge in [0.15, 0.2) is 0 Å². The van der Waals surface area contributed by atoms with E-state index in [1.54, 1.807) is 0 Å². The third-order valence-corrected chi connectivity index (χ3v) is 2.85. The smallest absolute Gasteiger partial charge is 0.0466 e. The van der Waals surface area contributed by atoms with Crippen LogP contribution in [-0.2, 0) is 14.2 Å². The molecule has 0 spiro atoms. The summed E-state index contributed by atoms with van der Waals surface area (Å²) < 4.78 is 15.3. The zero-order chi connectivity index (χ0) is 14.0. The molecule has 2 rings (SSSR count). The lowest BCUT2D eigenvalue weighted by atomic mass is 10.2. The first-order chi connectivity index (χ1) is 9.41. The van der Waals surface area contributed by atoms with Crippen molar-refractivity contribution < 1.29 is 14.2 Å². The molecule has 0 saturated carbocycles. The summed E-state index contributed by atoms with van der Waals surface area (Å²) in [5.74, 6) is 0. The van der Waals surface area contributed by atoms with Crippen LogP contribution in [0.1, 0.15) is 65.2 Å². The van der Waals surface area contributed by atoms with Gasteiger partial charge in [-0.25, -0.2) is 0 Å². The van der Waals surface area contributed by atoms with Gasteiger partial charge in [-0.3, -0.25) is 0 Å². The lowest BCUT2D eigenvalue weighted by molar-refractivity contribution is 0.0967. The van der Waals surface area contributed by atoms with Crippen molar-refractivity contribution in [2.75, 3.05) is 39.6 Å². The maximum Gasteiger partial charge on any atom is 0.0466 e. The molecule has 0 aromatic carbocycles. The third kappa shape index (κ3) is 17.9. The highest BCUT2D eigenvalue weighted by Crippen LogP contribution is 2.02. The number of rotatable bonds is 4. The van der Waals surface area contributed by atoms with Gasteiger partial charge >= 0.3 is 0 Å². The number of ether oxygens (including phenoxy) is 3. The van der Waals surface area contributed by atoms with Gasteiger partial charge in [0.05, 0.1) is 0 Å². The van der Waals surface area contributed by atoms with Gasteiger partial charge in [-0.1, -0.05) is 13.8 Å². The highest BCUT2D eigenvalue weighted by molar-refractivity contribution is 4.45. The first kappa shape index (κ1) is 18.9. The predicted molar refractivity (Wildman–Crippen MR) is 80.7 cm³/mol. The van der Waals surface area contributed by atoms with E-state index in [2.05, 4.69) is 13.8 Å². The summed E-state index contributed by atoms with van der Waals surface area (Å²) >= 11 is 0. The third-order valence-electron chi connectivity index (χ3n) is 2.85. The molecule has 2 aliphatic heterocycles. The zero-order valence-electron chi connectivity index (χ0n) is 13.1. The molecule has 2 saturated heterocycles. The molecule has 0 unspecified atom stereocenters. The molecule has 2 aliphatic rings. The van der Waals surface area contributed by atoms with Crippen LogP contribution in [0, 0.1) is 0 Å². The van der Waals surface area contributed by atoms with Crippen LogP contribution in [0.2, 0.25) is 0 Å². The average Bonchev–Trinajstić information content (AvgIpc) is 2.53. The Morgan fingerprint density at radius 1 is 0.632 bits per heavy atom. The molecule has 3 heteroatoms. The molecule has 0 aromatic rings. The minimum Gasteiger partial charge on any atom is -0.381 e. The van der Waals surface area contributed by atoms with E-state index in [0.717, 1.165) is 52.5 Å². The summed E-state index contributed by atoms with van der Waals surface area (Å²) in [6, 6.07) is 0. The summed E-state index contributed by atoms with van der Waals surface area (Å²) in [5, 5.41) is 0. The van der Waals surface area contributed by atoms with Crippen molar-refractivity contribution in [2.45, 2.75) is 65.2 Å². The van der Waals surface area contributed by atoms with Crippen molar-refractivity contribution in [1.82, 2.24) is 0 Å². The fourth-order valence-corrected chi connectivity index (χ4v) is 1.76. The van der Waals surface area contributed by atoms with Gasteiger partial charge in [0, 0.05) is 39.6 Å². The SMILES string of the molecule is C1CCOCC1.C1CCOCC1.CCCOCCC. The maximum atomic E-state index is 5.13. The van der Waals surface area contributed by atoms with Crippen LogP contribution >= 0.6 is 0 Å². The van der Waals surface area contributed by atoms with Gasteiger partial charge in [0.25, 0.3) is 0 Å². The van der Waals surface area contributed by atoms with Gasteiger partial charge in [0.2, 0.25) is 0 Å². The summed E-state index contributed by atoms with van der Waals surface area (Å²) in [6.45, 7) is 10.1. The second-order valence-corrected chi connectivity index (χ2v) is 4.96. The molecule has 116 valence electrons. The van der Waals surface area contributed by atoms with E-state index < -0.39 is 0 Å². The number of hydrogen-bond donors (Lipinski definition) is 0. The summed E-state index contributed by atoms with van der Waals surface area (Å²) in [5.41, 5.74) is 0. The second-order valence-electron chi connectivity index (χ2n) is 4.96. The van der Waals surface area contributed by atoms with Crippen molar-refractivity contribution in [3.8, 4) is 0 Å². The first-order valence-corrected chi connectivity index (χ1v) is 8.15. The van der Waals surface area contributed by atoms with E-state index >= 15 is 0 Å². The largest absolute Gasteiger partial charge is 0.381 e. The summed E-state index contributed by atoms with van der Waals surface area (Å²) in [4.78, 5) is 0. The van der Waals surface area contributed by atoms with Gasteiger partial charge in [0.1, 0.15) is 0 Å². The Morgan fingerprint density at radius 3 is 1.16 bits per heavy atom. The minimum absolute atomic E-state index is 0.924. The summed E-state index contributed by atoms with van der Waals surface area (Å²) in [7, 11) is 0. The van der Waals surface area contributed by atoms with Crippen LogP contribution < -0.4 is 0 Å². The molecule has 3 nitrogen and oxygen atoms in total. The fraction of sp³-hybridized carbons (Fsp3) is 1.00. The Hall–Kier alpha value is -0.120. The molecular weight excluding hydrogens is 240 g/mol. The zero-order valence-corrected chi connectivity index (χ0v) is 13.1. The Kier molecular flexibility index (Phi) is 17.8. The van der Waals surface area contributed by atoms with Gasteiger partial charge in [-0.15, -0.1) is 0 Å². The van der Waals surface area contributed by atoms with Crippen LogP contribution in [0.4, 0.5) is 0 Å². The van der Waals surface area contributed by atoms with Crippen LogP contribution in [0.3, 0.4) is 0 Å². The van der Waals surface area contributed by atoms with Crippen molar-refractivity contribution in [3.63, 3.8) is 0 Å². The molecule has 0 aromatic heterocycles. The Labute approximate surface area is 120 Å². The molecule has 0 N–H and O–H groups in total. The highest BCUT2D eigenvalue weighted by Gasteiger charge is 1.95. The van der Waals surface area contributed by atoms with E-state index in [9.17, 15) is 0 Å². The molecule has 0 radical (unpaired) electrons. The van der Waals surface area contributed by atoms with Gasteiger partial charge < -0.3 is 14.2 Å².